The molecule has 0 saturated carbocycles. The molecule has 0 aliphatic carbocycles. The monoisotopic (exact) mass is 359 g/mol. The summed E-state index contributed by atoms with van der Waals surface area (Å²) in [6.07, 6.45) is 1.31. The second-order valence-corrected chi connectivity index (χ2v) is 6.87. The second kappa shape index (κ2) is 7.07. The molecular formula is C16H23BrFNO2. The van der Waals surface area contributed by atoms with E-state index in [9.17, 15) is 4.39 Å². The molecule has 1 heterocycles. The molecule has 0 bridgehead atoms. The maximum absolute atomic E-state index is 12.9. The number of nitrogens with zero attached hydrogens (tertiary/aromatic N) is 1. The predicted molar refractivity (Wildman–Crippen MR) is 85.1 cm³/mol. The third-order valence-electron chi connectivity index (χ3n) is 4.12. The van der Waals surface area contributed by atoms with E-state index in [2.05, 4.69) is 41.8 Å². The van der Waals surface area contributed by atoms with Crippen LogP contribution in [-0.4, -0.2) is 35.7 Å². The highest BCUT2D eigenvalue weighted by Crippen LogP contribution is 2.30. The van der Waals surface area contributed by atoms with Crippen molar-refractivity contribution in [2.24, 2.45) is 5.41 Å². The smallest absolute Gasteiger partial charge is 0.123 e. The van der Waals surface area contributed by atoms with E-state index in [1.807, 2.05) is 0 Å². The molecule has 118 valence electrons. The summed E-state index contributed by atoms with van der Waals surface area (Å²) in [4.78, 5) is 5.91. The molecule has 0 aromatic heterocycles. The molecule has 1 aromatic carbocycles. The maximum Gasteiger partial charge on any atom is 0.123 e. The van der Waals surface area contributed by atoms with Gasteiger partial charge in [-0.2, -0.15) is 5.06 Å². The third kappa shape index (κ3) is 4.41. The minimum Gasteiger partial charge on any atom is -0.493 e. The number of halogens is 2. The van der Waals surface area contributed by atoms with Gasteiger partial charge >= 0.3 is 0 Å². The molecule has 0 spiro atoms. The predicted octanol–water partition coefficient (Wildman–Crippen LogP) is 4.02. The maximum atomic E-state index is 12.9. The van der Waals surface area contributed by atoms with E-state index in [1.165, 1.54) is 12.1 Å². The summed E-state index contributed by atoms with van der Waals surface area (Å²) in [5, 5.41) is 2.92. The van der Waals surface area contributed by atoms with Crippen LogP contribution in [-0.2, 0) is 4.84 Å². The lowest BCUT2D eigenvalue weighted by Gasteiger charge is -2.36. The van der Waals surface area contributed by atoms with Gasteiger partial charge in [0.25, 0.3) is 0 Å². The van der Waals surface area contributed by atoms with Gasteiger partial charge in [0.2, 0.25) is 0 Å². The summed E-state index contributed by atoms with van der Waals surface area (Å²) >= 11 is 3.46. The summed E-state index contributed by atoms with van der Waals surface area (Å²) in [5.41, 5.74) is -0.0738. The van der Waals surface area contributed by atoms with Crippen LogP contribution in [0.15, 0.2) is 24.3 Å². The second-order valence-electron chi connectivity index (χ2n) is 6.22. The Labute approximate surface area is 134 Å². The molecule has 5 heteroatoms. The molecule has 1 aliphatic rings. The SMILES string of the molecule is CC(N1CCC(CBr)O1)C(C)(C)COc1ccc(F)cc1. The van der Waals surface area contributed by atoms with Gasteiger partial charge in [-0.1, -0.05) is 29.8 Å². The fourth-order valence-electron chi connectivity index (χ4n) is 2.27. The van der Waals surface area contributed by atoms with Gasteiger partial charge in [-0.15, -0.1) is 0 Å². The summed E-state index contributed by atoms with van der Waals surface area (Å²) in [6.45, 7) is 7.97. The molecule has 21 heavy (non-hydrogen) atoms. The Morgan fingerprint density at radius 3 is 2.67 bits per heavy atom. The van der Waals surface area contributed by atoms with Gasteiger partial charge in [-0.3, -0.25) is 4.84 Å². The van der Waals surface area contributed by atoms with Crippen LogP contribution in [0.4, 0.5) is 4.39 Å². The van der Waals surface area contributed by atoms with Crippen LogP contribution >= 0.6 is 15.9 Å². The van der Waals surface area contributed by atoms with Gasteiger partial charge < -0.3 is 4.74 Å². The Balaban J connectivity index is 1.89. The molecule has 1 aromatic rings. The van der Waals surface area contributed by atoms with Crippen LogP contribution in [0, 0.1) is 11.2 Å². The highest BCUT2D eigenvalue weighted by atomic mass is 79.9. The minimum atomic E-state index is -0.249. The molecule has 3 nitrogen and oxygen atoms in total. The first kappa shape index (κ1) is 16.7. The molecule has 1 aliphatic heterocycles. The standard InChI is InChI=1S/C16H23BrFNO2/c1-12(19-9-8-15(10-17)21-19)16(2,3)11-20-14-6-4-13(18)5-7-14/h4-7,12,15H,8-11H2,1-3H3. The normalized spacial score (nSPS) is 21.5. The molecule has 0 radical (unpaired) electrons. The zero-order valence-corrected chi connectivity index (χ0v) is 14.4. The Kier molecular flexibility index (Phi) is 5.63. The van der Waals surface area contributed by atoms with Gasteiger partial charge in [0.15, 0.2) is 0 Å². The minimum absolute atomic E-state index is 0.0738. The lowest BCUT2D eigenvalue weighted by atomic mass is 9.86. The first-order valence-corrected chi connectivity index (χ1v) is 8.42. The fourth-order valence-corrected chi connectivity index (χ4v) is 2.71. The Morgan fingerprint density at radius 1 is 1.43 bits per heavy atom. The van der Waals surface area contributed by atoms with Crippen molar-refractivity contribution in [3.8, 4) is 5.75 Å². The zero-order valence-electron chi connectivity index (χ0n) is 12.8. The first-order chi connectivity index (χ1) is 9.92. The Morgan fingerprint density at radius 2 is 2.10 bits per heavy atom. The lowest BCUT2D eigenvalue weighted by molar-refractivity contribution is -0.187. The summed E-state index contributed by atoms with van der Waals surface area (Å²) < 4.78 is 18.7. The van der Waals surface area contributed by atoms with Crippen molar-refractivity contribution >= 4 is 15.9 Å². The summed E-state index contributed by atoms with van der Waals surface area (Å²) in [7, 11) is 0. The van der Waals surface area contributed by atoms with Crippen LogP contribution in [0.25, 0.3) is 0 Å². The Hall–Kier alpha value is -0.650. The van der Waals surface area contributed by atoms with E-state index < -0.39 is 0 Å². The van der Waals surface area contributed by atoms with E-state index in [1.54, 1.807) is 12.1 Å². The number of alkyl halides is 1. The zero-order chi connectivity index (χ0) is 15.5. The molecule has 2 unspecified atom stereocenters. The largest absolute Gasteiger partial charge is 0.493 e. The molecular weight excluding hydrogens is 337 g/mol. The molecule has 0 amide bonds. The van der Waals surface area contributed by atoms with Crippen LogP contribution < -0.4 is 4.74 Å². The first-order valence-electron chi connectivity index (χ1n) is 7.30. The van der Waals surface area contributed by atoms with Crippen molar-refractivity contribution in [2.45, 2.75) is 39.3 Å². The average molecular weight is 360 g/mol. The molecule has 0 N–H and O–H groups in total. The summed E-state index contributed by atoms with van der Waals surface area (Å²) in [6, 6.07) is 6.38. The van der Waals surface area contributed by atoms with Crippen molar-refractivity contribution in [1.82, 2.24) is 5.06 Å². The molecule has 1 fully saturated rings. The topological polar surface area (TPSA) is 21.7 Å². The Bertz CT molecular complexity index is 452. The van der Waals surface area contributed by atoms with Crippen molar-refractivity contribution in [3.05, 3.63) is 30.1 Å². The third-order valence-corrected chi connectivity index (χ3v) is 4.84. The van der Waals surface area contributed by atoms with E-state index >= 15 is 0 Å². The average Bonchev–Trinajstić information content (AvgIpc) is 2.94. The number of rotatable bonds is 6. The van der Waals surface area contributed by atoms with E-state index in [0.29, 0.717) is 12.4 Å². The van der Waals surface area contributed by atoms with Crippen molar-refractivity contribution in [1.29, 1.82) is 0 Å². The number of hydrogen-bond donors (Lipinski definition) is 0. The van der Waals surface area contributed by atoms with E-state index in [0.717, 1.165) is 18.3 Å². The van der Waals surface area contributed by atoms with E-state index in [4.69, 9.17) is 9.57 Å². The quantitative estimate of drug-likeness (QED) is 0.716. The van der Waals surface area contributed by atoms with Gasteiger partial charge in [0.05, 0.1) is 12.7 Å². The number of ether oxygens (including phenoxy) is 1. The molecule has 2 atom stereocenters. The van der Waals surface area contributed by atoms with Crippen LogP contribution in [0.3, 0.4) is 0 Å². The lowest BCUT2D eigenvalue weighted by Crippen LogP contribution is -2.44. The van der Waals surface area contributed by atoms with Crippen LogP contribution in [0.1, 0.15) is 27.2 Å². The van der Waals surface area contributed by atoms with Crippen molar-refractivity contribution in [2.75, 3.05) is 18.5 Å². The van der Waals surface area contributed by atoms with Crippen LogP contribution in [0.5, 0.6) is 5.75 Å². The highest BCUT2D eigenvalue weighted by molar-refractivity contribution is 9.09. The van der Waals surface area contributed by atoms with Crippen molar-refractivity contribution < 1.29 is 14.0 Å². The van der Waals surface area contributed by atoms with E-state index in [-0.39, 0.29) is 23.4 Å². The molecule has 1 saturated heterocycles. The number of hydroxylamine groups is 2. The highest BCUT2D eigenvalue weighted by Gasteiger charge is 2.36. The fraction of sp³-hybridized carbons (Fsp3) is 0.625. The van der Waals surface area contributed by atoms with Crippen molar-refractivity contribution in [3.63, 3.8) is 0 Å². The van der Waals surface area contributed by atoms with Crippen LogP contribution in [0.2, 0.25) is 0 Å². The van der Waals surface area contributed by atoms with Gasteiger partial charge in [0.1, 0.15) is 11.6 Å². The summed E-state index contributed by atoms with van der Waals surface area (Å²) in [5.74, 6) is 0.443. The van der Waals surface area contributed by atoms with Gasteiger partial charge in [0, 0.05) is 23.3 Å². The number of benzene rings is 1. The van der Waals surface area contributed by atoms with Gasteiger partial charge in [-0.25, -0.2) is 4.39 Å². The molecule has 2 rings (SSSR count). The van der Waals surface area contributed by atoms with Gasteiger partial charge in [-0.05, 0) is 37.6 Å². The number of hydrogen-bond acceptors (Lipinski definition) is 3.